The number of hydrogen-bond donors (Lipinski definition) is 2. The van der Waals surface area contributed by atoms with Gasteiger partial charge < -0.3 is 16.0 Å². The number of carbonyl (C=O) groups excluding carboxylic acids is 1. The zero-order valence-electron chi connectivity index (χ0n) is 13.2. The van der Waals surface area contributed by atoms with Crippen molar-refractivity contribution in [2.75, 3.05) is 20.1 Å². The summed E-state index contributed by atoms with van der Waals surface area (Å²) in [5.74, 6) is 0.682. The molecule has 4 nitrogen and oxygen atoms in total. The molecule has 1 saturated carbocycles. The van der Waals surface area contributed by atoms with Crippen LogP contribution in [0.4, 0.5) is 0 Å². The Bertz CT molecular complexity index is 370. The summed E-state index contributed by atoms with van der Waals surface area (Å²) in [6.07, 6.45) is 9.85. The topological polar surface area (TPSA) is 58.4 Å². The molecule has 1 heterocycles. The molecule has 2 fully saturated rings. The van der Waals surface area contributed by atoms with Gasteiger partial charge in [-0.3, -0.25) is 4.79 Å². The first-order chi connectivity index (χ1) is 10.0. The highest BCUT2D eigenvalue weighted by molar-refractivity contribution is 7.80. The van der Waals surface area contributed by atoms with Gasteiger partial charge in [-0.1, -0.05) is 37.9 Å². The van der Waals surface area contributed by atoms with Crippen LogP contribution >= 0.6 is 12.2 Å². The fourth-order valence-corrected chi connectivity index (χ4v) is 3.84. The van der Waals surface area contributed by atoms with Gasteiger partial charge in [-0.2, -0.15) is 0 Å². The third-order valence-electron chi connectivity index (χ3n) is 5.14. The number of nitrogens with two attached hydrogens (primary N) is 1. The molecule has 2 rings (SSSR count). The van der Waals surface area contributed by atoms with Crippen LogP contribution in [0.2, 0.25) is 0 Å². The number of thiocarbonyl (C=S) groups is 1. The van der Waals surface area contributed by atoms with Gasteiger partial charge in [-0.15, -0.1) is 0 Å². The maximum atomic E-state index is 12.4. The van der Waals surface area contributed by atoms with E-state index in [1.807, 2.05) is 0 Å². The van der Waals surface area contributed by atoms with Crippen LogP contribution in [0.3, 0.4) is 0 Å². The van der Waals surface area contributed by atoms with Gasteiger partial charge in [0.2, 0.25) is 5.91 Å². The minimum absolute atomic E-state index is 0.138. The normalized spacial score (nSPS) is 24.2. The number of nitrogens with zero attached hydrogens (tertiary/aromatic N) is 1. The number of likely N-dealkylation sites (tertiary alicyclic amines) is 1. The van der Waals surface area contributed by atoms with Crippen LogP contribution in [0.15, 0.2) is 0 Å². The maximum Gasteiger partial charge on any atom is 0.221 e. The zero-order chi connectivity index (χ0) is 15.3. The van der Waals surface area contributed by atoms with E-state index in [2.05, 4.69) is 17.3 Å². The van der Waals surface area contributed by atoms with Crippen LogP contribution in [0.25, 0.3) is 0 Å². The van der Waals surface area contributed by atoms with E-state index >= 15 is 0 Å². The van der Waals surface area contributed by atoms with E-state index in [-0.39, 0.29) is 5.91 Å². The molecule has 0 aromatic rings. The number of piperidine rings is 1. The second kappa shape index (κ2) is 7.54. The monoisotopic (exact) mass is 311 g/mol. The second-order valence-corrected chi connectivity index (χ2v) is 7.30. The Morgan fingerprint density at radius 1 is 1.24 bits per heavy atom. The van der Waals surface area contributed by atoms with Gasteiger partial charge in [0.25, 0.3) is 0 Å². The summed E-state index contributed by atoms with van der Waals surface area (Å²) in [4.78, 5) is 15.1. The van der Waals surface area contributed by atoms with Crippen molar-refractivity contribution in [3.05, 3.63) is 0 Å². The minimum atomic E-state index is -0.455. The van der Waals surface area contributed by atoms with E-state index in [1.54, 1.807) is 0 Å². The largest absolute Gasteiger partial charge is 0.391 e. The van der Waals surface area contributed by atoms with Crippen molar-refractivity contribution in [1.82, 2.24) is 10.2 Å². The molecule has 1 amide bonds. The average Bonchev–Trinajstić information content (AvgIpc) is 2.70. The lowest BCUT2D eigenvalue weighted by Crippen LogP contribution is -2.61. The van der Waals surface area contributed by atoms with E-state index in [1.165, 1.54) is 38.5 Å². The summed E-state index contributed by atoms with van der Waals surface area (Å²) in [7, 11) is 2.09. The third kappa shape index (κ3) is 4.65. The Hall–Kier alpha value is -0.680. The summed E-state index contributed by atoms with van der Waals surface area (Å²) in [6, 6.07) is 0. The number of carbonyl (C=O) groups is 1. The molecular weight excluding hydrogens is 282 g/mol. The Kier molecular flexibility index (Phi) is 5.99. The molecule has 0 aromatic heterocycles. The SMILES string of the molecule is CN1CCC(NC(=O)CC2CCCCCC2)(C(N)=S)CC1. The molecule has 1 aliphatic carbocycles. The van der Waals surface area contributed by atoms with E-state index in [0.29, 0.717) is 17.3 Å². The van der Waals surface area contributed by atoms with E-state index < -0.39 is 5.54 Å². The molecule has 0 aromatic carbocycles. The van der Waals surface area contributed by atoms with E-state index in [0.717, 1.165) is 25.9 Å². The number of hydrogen-bond acceptors (Lipinski definition) is 3. The van der Waals surface area contributed by atoms with E-state index in [9.17, 15) is 4.79 Å². The lowest BCUT2D eigenvalue weighted by molar-refractivity contribution is -0.123. The van der Waals surface area contributed by atoms with Gasteiger partial charge in [0.1, 0.15) is 0 Å². The van der Waals surface area contributed by atoms with Gasteiger partial charge in [0.15, 0.2) is 0 Å². The van der Waals surface area contributed by atoms with Gasteiger partial charge in [0, 0.05) is 19.5 Å². The molecule has 0 atom stereocenters. The summed E-state index contributed by atoms with van der Waals surface area (Å²) in [5, 5.41) is 3.19. The fraction of sp³-hybridized carbons (Fsp3) is 0.875. The smallest absolute Gasteiger partial charge is 0.221 e. The Labute approximate surface area is 133 Å². The molecule has 1 saturated heterocycles. The molecule has 2 aliphatic rings. The summed E-state index contributed by atoms with van der Waals surface area (Å²) in [6.45, 7) is 1.86. The molecular formula is C16H29N3OS. The molecule has 120 valence electrons. The number of amides is 1. The average molecular weight is 311 g/mol. The first-order valence-corrected chi connectivity index (χ1v) is 8.72. The molecule has 3 N–H and O–H groups in total. The predicted octanol–water partition coefficient (Wildman–Crippen LogP) is 2.21. The maximum absolute atomic E-state index is 12.4. The van der Waals surface area contributed by atoms with Crippen molar-refractivity contribution in [2.24, 2.45) is 11.7 Å². The first-order valence-electron chi connectivity index (χ1n) is 8.31. The quantitative estimate of drug-likeness (QED) is 0.617. The first kappa shape index (κ1) is 16.7. The molecule has 5 heteroatoms. The lowest BCUT2D eigenvalue weighted by atomic mass is 9.86. The van der Waals surface area contributed by atoms with Crippen molar-refractivity contribution >= 4 is 23.1 Å². The van der Waals surface area contributed by atoms with Crippen LogP contribution < -0.4 is 11.1 Å². The van der Waals surface area contributed by atoms with Gasteiger partial charge >= 0.3 is 0 Å². The van der Waals surface area contributed by atoms with Gasteiger partial charge in [0.05, 0.1) is 10.5 Å². The van der Waals surface area contributed by atoms with Crippen molar-refractivity contribution in [3.63, 3.8) is 0 Å². The van der Waals surface area contributed by atoms with Crippen LogP contribution in [0.1, 0.15) is 57.8 Å². The molecule has 0 unspecified atom stereocenters. The highest BCUT2D eigenvalue weighted by Crippen LogP contribution is 2.27. The van der Waals surface area contributed by atoms with Crippen LogP contribution in [0, 0.1) is 5.92 Å². The summed E-state index contributed by atoms with van der Waals surface area (Å²) >= 11 is 5.26. The Morgan fingerprint density at radius 3 is 2.33 bits per heavy atom. The van der Waals surface area contributed by atoms with Crippen molar-refractivity contribution in [1.29, 1.82) is 0 Å². The van der Waals surface area contributed by atoms with Crippen LogP contribution in [-0.4, -0.2) is 41.5 Å². The van der Waals surface area contributed by atoms with Crippen molar-refractivity contribution in [2.45, 2.75) is 63.3 Å². The summed E-state index contributed by atoms with van der Waals surface area (Å²) in [5.41, 5.74) is 5.50. The zero-order valence-corrected chi connectivity index (χ0v) is 14.0. The van der Waals surface area contributed by atoms with Gasteiger partial charge in [-0.25, -0.2) is 0 Å². The number of nitrogens with one attached hydrogen (secondary N) is 1. The Morgan fingerprint density at radius 2 is 1.81 bits per heavy atom. The van der Waals surface area contributed by atoms with Crippen LogP contribution in [0.5, 0.6) is 0 Å². The standard InChI is InChI=1S/C16H29N3OS/c1-19-10-8-16(9-11-19,15(17)21)18-14(20)12-13-6-4-2-3-5-7-13/h13H,2-12H2,1H3,(H2,17,21)(H,18,20). The predicted molar refractivity (Wildman–Crippen MR) is 90.2 cm³/mol. The fourth-order valence-electron chi connectivity index (χ4n) is 3.58. The molecule has 1 aliphatic heterocycles. The molecule has 0 spiro atoms. The highest BCUT2D eigenvalue weighted by atomic mass is 32.1. The molecule has 0 bridgehead atoms. The highest BCUT2D eigenvalue weighted by Gasteiger charge is 2.38. The Balaban J connectivity index is 1.90. The molecule has 21 heavy (non-hydrogen) atoms. The molecule has 0 radical (unpaired) electrons. The van der Waals surface area contributed by atoms with Crippen molar-refractivity contribution < 1.29 is 4.79 Å². The summed E-state index contributed by atoms with van der Waals surface area (Å²) < 4.78 is 0. The number of rotatable bonds is 4. The van der Waals surface area contributed by atoms with Crippen LogP contribution in [-0.2, 0) is 4.79 Å². The second-order valence-electron chi connectivity index (χ2n) is 6.86. The van der Waals surface area contributed by atoms with E-state index in [4.69, 9.17) is 18.0 Å². The van der Waals surface area contributed by atoms with Crippen molar-refractivity contribution in [3.8, 4) is 0 Å². The lowest BCUT2D eigenvalue weighted by Gasteiger charge is -2.40. The minimum Gasteiger partial charge on any atom is -0.391 e. The third-order valence-corrected chi connectivity index (χ3v) is 5.53. The van der Waals surface area contributed by atoms with Gasteiger partial charge in [-0.05, 0) is 38.6 Å².